The van der Waals surface area contributed by atoms with Crippen LogP contribution >= 0.6 is 0 Å². The van der Waals surface area contributed by atoms with Crippen LogP contribution in [0.2, 0.25) is 0 Å². The van der Waals surface area contributed by atoms with E-state index in [0.29, 0.717) is 25.9 Å². The lowest BCUT2D eigenvalue weighted by atomic mass is 9.93. The van der Waals surface area contributed by atoms with Gasteiger partial charge >= 0.3 is 5.69 Å². The van der Waals surface area contributed by atoms with Crippen LogP contribution in [0.3, 0.4) is 0 Å². The van der Waals surface area contributed by atoms with Crippen LogP contribution in [0, 0.1) is 5.82 Å². The van der Waals surface area contributed by atoms with E-state index in [-0.39, 0.29) is 23.3 Å². The monoisotopic (exact) mass is 369 g/mol. The minimum atomic E-state index is -0.273. The van der Waals surface area contributed by atoms with E-state index in [1.165, 1.54) is 12.1 Å². The maximum absolute atomic E-state index is 13.1. The predicted molar refractivity (Wildman–Crippen MR) is 104 cm³/mol. The zero-order valence-corrected chi connectivity index (χ0v) is 15.4. The molecular weight excluding hydrogens is 345 g/mol. The molecule has 0 radical (unpaired) electrons. The lowest BCUT2D eigenvalue weighted by Crippen LogP contribution is -2.27. The smallest absolute Gasteiger partial charge is 0.326 e. The Morgan fingerprint density at radius 1 is 1.19 bits per heavy atom. The average Bonchev–Trinajstić information content (AvgIpc) is 2.99. The summed E-state index contributed by atoms with van der Waals surface area (Å²) in [6.45, 7) is 3.06. The highest BCUT2D eigenvalue weighted by molar-refractivity contribution is 5.77. The number of carbonyl (C=O) groups excluding carboxylic acids is 1. The largest absolute Gasteiger partial charge is 0.356 e. The fourth-order valence-electron chi connectivity index (χ4n) is 3.32. The first kappa shape index (κ1) is 18.9. The maximum Gasteiger partial charge on any atom is 0.326 e. The first-order chi connectivity index (χ1) is 13.1. The molecule has 0 aliphatic carbocycles. The molecule has 0 saturated carbocycles. The van der Waals surface area contributed by atoms with Gasteiger partial charge in [-0.05, 0) is 48.6 Å². The number of nitrogens with zero attached hydrogens (tertiary/aromatic N) is 1. The summed E-state index contributed by atoms with van der Waals surface area (Å²) in [7, 11) is 0. The number of rotatable bonds is 8. The number of halogens is 1. The fraction of sp³-hybridized carbons (Fsp3) is 0.333. The van der Waals surface area contributed by atoms with Crippen molar-refractivity contribution < 1.29 is 9.18 Å². The van der Waals surface area contributed by atoms with E-state index in [1.807, 2.05) is 31.2 Å². The number of benzene rings is 2. The minimum Gasteiger partial charge on any atom is -0.356 e. The van der Waals surface area contributed by atoms with Crippen molar-refractivity contribution in [2.75, 3.05) is 6.54 Å². The first-order valence-electron chi connectivity index (χ1n) is 9.28. The molecular formula is C21H24FN3O2. The van der Waals surface area contributed by atoms with Gasteiger partial charge in [0.25, 0.3) is 0 Å². The summed E-state index contributed by atoms with van der Waals surface area (Å²) < 4.78 is 14.7. The maximum atomic E-state index is 13.1. The van der Waals surface area contributed by atoms with Crippen LogP contribution < -0.4 is 11.0 Å². The lowest BCUT2D eigenvalue weighted by Gasteiger charge is -2.15. The quantitative estimate of drug-likeness (QED) is 0.596. The lowest BCUT2D eigenvalue weighted by molar-refractivity contribution is -0.121. The van der Waals surface area contributed by atoms with Crippen LogP contribution in [-0.4, -0.2) is 22.0 Å². The SMILES string of the molecule is CCC(CC(=O)NCCCn1c(=O)[nH]c2ccccc21)c1ccc(F)cc1. The molecule has 5 nitrogen and oxygen atoms in total. The van der Waals surface area contributed by atoms with Gasteiger partial charge in [0.2, 0.25) is 5.91 Å². The molecule has 0 fully saturated rings. The Kier molecular flexibility index (Phi) is 6.06. The number of carbonyl (C=O) groups is 1. The summed E-state index contributed by atoms with van der Waals surface area (Å²) in [6.07, 6.45) is 1.85. The topological polar surface area (TPSA) is 66.9 Å². The molecule has 2 aromatic carbocycles. The van der Waals surface area contributed by atoms with Crippen LogP contribution in [0.1, 0.15) is 37.7 Å². The van der Waals surface area contributed by atoms with Crippen molar-refractivity contribution in [1.82, 2.24) is 14.9 Å². The Labute approximate surface area is 157 Å². The number of nitrogens with one attached hydrogen (secondary N) is 2. The Balaban J connectivity index is 1.49. The Bertz CT molecular complexity index is 959. The molecule has 3 rings (SSSR count). The Morgan fingerprint density at radius 2 is 1.93 bits per heavy atom. The van der Waals surface area contributed by atoms with Crippen LogP contribution in [0.5, 0.6) is 0 Å². The number of hydrogen-bond donors (Lipinski definition) is 2. The van der Waals surface area contributed by atoms with Gasteiger partial charge in [0, 0.05) is 19.5 Å². The number of aromatic amines is 1. The molecule has 142 valence electrons. The van der Waals surface area contributed by atoms with Gasteiger partial charge in [-0.15, -0.1) is 0 Å². The molecule has 0 saturated heterocycles. The van der Waals surface area contributed by atoms with Crippen molar-refractivity contribution in [2.24, 2.45) is 0 Å². The molecule has 27 heavy (non-hydrogen) atoms. The molecule has 0 spiro atoms. The van der Waals surface area contributed by atoms with Gasteiger partial charge < -0.3 is 10.3 Å². The van der Waals surface area contributed by atoms with Gasteiger partial charge in [0.1, 0.15) is 5.82 Å². The Hall–Kier alpha value is -2.89. The number of H-pyrrole nitrogens is 1. The number of para-hydroxylation sites is 2. The standard InChI is InChI=1S/C21H24FN3O2/c1-2-15(16-8-10-17(22)11-9-16)14-20(26)23-12-5-13-25-19-7-4-3-6-18(19)24-21(25)27/h3-4,6-11,15H,2,5,12-14H2,1H3,(H,23,26)(H,24,27). The summed E-state index contributed by atoms with van der Waals surface area (Å²) in [5.74, 6) is -0.232. The summed E-state index contributed by atoms with van der Waals surface area (Å²) in [5.41, 5.74) is 2.53. The molecule has 1 atom stereocenters. The van der Waals surface area contributed by atoms with E-state index in [9.17, 15) is 14.0 Å². The molecule has 3 aromatic rings. The first-order valence-corrected chi connectivity index (χ1v) is 9.28. The zero-order chi connectivity index (χ0) is 19.2. The molecule has 1 unspecified atom stereocenters. The van der Waals surface area contributed by atoms with E-state index in [4.69, 9.17) is 0 Å². The third-order valence-electron chi connectivity index (χ3n) is 4.83. The predicted octanol–water partition coefficient (Wildman–Crippen LogP) is 3.56. The van der Waals surface area contributed by atoms with Gasteiger partial charge in [-0.2, -0.15) is 0 Å². The highest BCUT2D eigenvalue weighted by Gasteiger charge is 2.14. The number of aryl methyl sites for hydroxylation is 1. The van der Waals surface area contributed by atoms with Crippen molar-refractivity contribution >= 4 is 16.9 Å². The molecule has 2 N–H and O–H groups in total. The summed E-state index contributed by atoms with van der Waals surface area (Å²) >= 11 is 0. The van der Waals surface area contributed by atoms with Crippen LogP contribution in [0.15, 0.2) is 53.3 Å². The molecule has 0 aliphatic rings. The van der Waals surface area contributed by atoms with Gasteiger partial charge in [0.15, 0.2) is 0 Å². The molecule has 1 amide bonds. The van der Waals surface area contributed by atoms with Gasteiger partial charge in [-0.25, -0.2) is 9.18 Å². The van der Waals surface area contributed by atoms with Crippen molar-refractivity contribution in [3.63, 3.8) is 0 Å². The van der Waals surface area contributed by atoms with E-state index in [0.717, 1.165) is 23.0 Å². The van der Waals surface area contributed by atoms with Gasteiger partial charge in [-0.1, -0.05) is 31.2 Å². The van der Waals surface area contributed by atoms with E-state index in [2.05, 4.69) is 10.3 Å². The Morgan fingerprint density at radius 3 is 2.67 bits per heavy atom. The fourth-order valence-corrected chi connectivity index (χ4v) is 3.32. The van der Waals surface area contributed by atoms with Crippen molar-refractivity contribution in [3.8, 4) is 0 Å². The highest BCUT2D eigenvalue weighted by Crippen LogP contribution is 2.23. The second kappa shape index (κ2) is 8.66. The van der Waals surface area contributed by atoms with E-state index < -0.39 is 0 Å². The summed E-state index contributed by atoms with van der Waals surface area (Å²) in [4.78, 5) is 27.1. The number of imidazole rings is 1. The third kappa shape index (κ3) is 4.64. The molecule has 1 heterocycles. The summed E-state index contributed by atoms with van der Waals surface area (Å²) in [5, 5.41) is 2.92. The molecule has 6 heteroatoms. The number of aromatic nitrogens is 2. The highest BCUT2D eigenvalue weighted by atomic mass is 19.1. The normalized spacial score (nSPS) is 12.2. The number of fused-ring (bicyclic) bond motifs is 1. The molecule has 0 bridgehead atoms. The van der Waals surface area contributed by atoms with Crippen molar-refractivity contribution in [3.05, 3.63) is 70.4 Å². The van der Waals surface area contributed by atoms with E-state index >= 15 is 0 Å². The second-order valence-corrected chi connectivity index (χ2v) is 6.66. The number of hydrogen-bond acceptors (Lipinski definition) is 2. The van der Waals surface area contributed by atoms with Crippen molar-refractivity contribution in [2.45, 2.75) is 38.6 Å². The van der Waals surface area contributed by atoms with Gasteiger partial charge in [0.05, 0.1) is 11.0 Å². The van der Waals surface area contributed by atoms with Gasteiger partial charge in [-0.3, -0.25) is 9.36 Å². The van der Waals surface area contributed by atoms with Crippen LogP contribution in [0.25, 0.3) is 11.0 Å². The minimum absolute atomic E-state index is 0.0301. The molecule has 0 aliphatic heterocycles. The molecule has 1 aromatic heterocycles. The second-order valence-electron chi connectivity index (χ2n) is 6.66. The van der Waals surface area contributed by atoms with E-state index in [1.54, 1.807) is 16.7 Å². The van der Waals surface area contributed by atoms with Crippen LogP contribution in [-0.2, 0) is 11.3 Å². The van der Waals surface area contributed by atoms with Crippen LogP contribution in [0.4, 0.5) is 4.39 Å². The average molecular weight is 369 g/mol. The van der Waals surface area contributed by atoms with Crippen molar-refractivity contribution in [1.29, 1.82) is 0 Å². The third-order valence-corrected chi connectivity index (χ3v) is 4.83. The summed E-state index contributed by atoms with van der Waals surface area (Å²) in [6, 6.07) is 13.9. The number of amides is 1. The zero-order valence-electron chi connectivity index (χ0n) is 15.4.